The molecule has 1 aromatic rings. The molecule has 2 saturated carbocycles. The van der Waals surface area contributed by atoms with Gasteiger partial charge >= 0.3 is 0 Å². The van der Waals surface area contributed by atoms with Crippen LogP contribution in [-0.4, -0.2) is 0 Å². The lowest BCUT2D eigenvalue weighted by Gasteiger charge is -2.37. The molecule has 0 aliphatic heterocycles. The Balaban J connectivity index is 1.40. The zero-order valence-electron chi connectivity index (χ0n) is 18.8. The molecule has 0 spiro atoms. The fourth-order valence-electron chi connectivity index (χ4n) is 5.89. The molecule has 0 saturated heterocycles. The van der Waals surface area contributed by atoms with Gasteiger partial charge in [-0.3, -0.25) is 0 Å². The van der Waals surface area contributed by atoms with Crippen LogP contribution in [0.4, 0.5) is 13.2 Å². The number of rotatable bonds is 8. The van der Waals surface area contributed by atoms with Crippen molar-refractivity contribution >= 4 is 0 Å². The summed E-state index contributed by atoms with van der Waals surface area (Å²) in [5.74, 6) is 2.79. The van der Waals surface area contributed by atoms with Crippen molar-refractivity contribution in [1.29, 1.82) is 0 Å². The third-order valence-corrected chi connectivity index (χ3v) is 7.76. The van der Waals surface area contributed by atoms with Crippen LogP contribution in [0.2, 0.25) is 0 Å². The number of hydrogen-bond acceptors (Lipinski definition) is 0. The number of aryl methyl sites for hydroxylation is 2. The van der Waals surface area contributed by atoms with Gasteiger partial charge in [0.05, 0.1) is 5.56 Å². The van der Waals surface area contributed by atoms with E-state index in [4.69, 9.17) is 0 Å². The summed E-state index contributed by atoms with van der Waals surface area (Å²) in [6.45, 7) is 3.85. The maximum Gasteiger partial charge on any atom is 0.266 e. The second-order valence-corrected chi connectivity index (χ2v) is 9.78. The molecule has 2 aliphatic rings. The van der Waals surface area contributed by atoms with Gasteiger partial charge in [-0.2, -0.15) is 0 Å². The number of hydrogen-bond donors (Lipinski definition) is 0. The van der Waals surface area contributed by atoms with Crippen LogP contribution in [0.25, 0.3) is 0 Å². The lowest BCUT2D eigenvalue weighted by molar-refractivity contribution is 0.145. The van der Waals surface area contributed by atoms with Crippen LogP contribution in [0.15, 0.2) is 24.3 Å². The van der Waals surface area contributed by atoms with Crippen LogP contribution >= 0.6 is 0 Å². The van der Waals surface area contributed by atoms with Crippen molar-refractivity contribution in [3.63, 3.8) is 0 Å². The van der Waals surface area contributed by atoms with Crippen molar-refractivity contribution < 1.29 is 13.2 Å². The molecule has 1 aromatic carbocycles. The van der Waals surface area contributed by atoms with Crippen LogP contribution < -0.4 is 0 Å². The molecule has 0 unspecified atom stereocenters. The molecule has 0 amide bonds. The summed E-state index contributed by atoms with van der Waals surface area (Å²) in [5, 5.41) is 0. The van der Waals surface area contributed by atoms with E-state index in [1.54, 1.807) is 19.1 Å². The van der Waals surface area contributed by atoms with Crippen molar-refractivity contribution in [3.05, 3.63) is 46.8 Å². The minimum atomic E-state index is -2.75. The fourth-order valence-corrected chi connectivity index (χ4v) is 5.89. The molecule has 3 heteroatoms. The topological polar surface area (TPSA) is 0 Å². The SMILES string of the molecule is CCCC1CCC(C2CCC(/C=C/CCc3ccc(C)c(C(F)F)c3F)CC2)CC1. The molecule has 2 fully saturated rings. The molecule has 0 heterocycles. The Hall–Kier alpha value is -1.25. The van der Waals surface area contributed by atoms with E-state index in [-0.39, 0.29) is 0 Å². The number of benzene rings is 1. The molecule has 168 valence electrons. The third kappa shape index (κ3) is 6.14. The lowest BCUT2D eigenvalue weighted by Crippen LogP contribution is -2.25. The summed E-state index contributed by atoms with van der Waals surface area (Å²) in [6.07, 6.45) is 16.6. The number of allylic oxidation sites excluding steroid dienone is 2. The highest BCUT2D eigenvalue weighted by Crippen LogP contribution is 2.42. The van der Waals surface area contributed by atoms with Gasteiger partial charge in [0, 0.05) is 0 Å². The first kappa shape index (κ1) is 23.4. The smallest absolute Gasteiger partial charge is 0.206 e. The van der Waals surface area contributed by atoms with E-state index in [1.165, 1.54) is 64.2 Å². The summed E-state index contributed by atoms with van der Waals surface area (Å²) in [7, 11) is 0. The van der Waals surface area contributed by atoms with Gasteiger partial charge < -0.3 is 0 Å². The molecule has 0 nitrogen and oxygen atoms in total. The normalized spacial score (nSPS) is 27.8. The summed E-state index contributed by atoms with van der Waals surface area (Å²) >= 11 is 0. The van der Waals surface area contributed by atoms with Crippen LogP contribution in [0.1, 0.15) is 101 Å². The first-order chi connectivity index (χ1) is 14.5. The average molecular weight is 421 g/mol. The maximum absolute atomic E-state index is 14.3. The van der Waals surface area contributed by atoms with E-state index >= 15 is 0 Å². The van der Waals surface area contributed by atoms with Crippen LogP contribution in [-0.2, 0) is 6.42 Å². The average Bonchev–Trinajstić information content (AvgIpc) is 2.74. The molecule has 3 rings (SSSR count). The Morgan fingerprint density at radius 3 is 2.20 bits per heavy atom. The van der Waals surface area contributed by atoms with Crippen molar-refractivity contribution in [2.24, 2.45) is 23.7 Å². The van der Waals surface area contributed by atoms with Crippen molar-refractivity contribution in [2.75, 3.05) is 0 Å². The highest BCUT2D eigenvalue weighted by atomic mass is 19.3. The first-order valence-electron chi connectivity index (χ1n) is 12.2. The molecule has 0 atom stereocenters. The highest BCUT2D eigenvalue weighted by Gasteiger charge is 2.30. The van der Waals surface area contributed by atoms with Gasteiger partial charge in [0.2, 0.25) is 0 Å². The largest absolute Gasteiger partial charge is 0.266 e. The summed E-state index contributed by atoms with van der Waals surface area (Å²) in [4.78, 5) is 0. The Bertz CT molecular complexity index is 678. The standard InChI is InChI=1S/C27H39F3/c1-3-6-20-10-15-22(16-11-20)23-17-12-21(13-18-23)7-4-5-8-24-14-9-19(2)25(26(24)28)27(29)30/h4,7,9,14,20-23,27H,3,5-6,8,10-13,15-18H2,1-2H3/b7-4+. The Morgan fingerprint density at radius 1 is 0.967 bits per heavy atom. The van der Waals surface area contributed by atoms with Gasteiger partial charge in [-0.05, 0) is 93.1 Å². The number of alkyl halides is 2. The maximum atomic E-state index is 14.3. The fraction of sp³-hybridized carbons (Fsp3) is 0.704. The summed E-state index contributed by atoms with van der Waals surface area (Å²) < 4.78 is 40.5. The zero-order chi connectivity index (χ0) is 21.5. The van der Waals surface area contributed by atoms with Crippen LogP contribution in [0.3, 0.4) is 0 Å². The molecular formula is C27H39F3. The molecule has 0 N–H and O–H groups in total. The van der Waals surface area contributed by atoms with E-state index < -0.39 is 17.8 Å². The van der Waals surface area contributed by atoms with Gasteiger partial charge in [0.15, 0.2) is 0 Å². The van der Waals surface area contributed by atoms with Gasteiger partial charge in [0.1, 0.15) is 5.82 Å². The van der Waals surface area contributed by atoms with Gasteiger partial charge in [-0.1, -0.05) is 56.9 Å². The van der Waals surface area contributed by atoms with Crippen molar-refractivity contribution in [3.8, 4) is 0 Å². The minimum absolute atomic E-state index is 0.331. The minimum Gasteiger partial charge on any atom is -0.206 e. The van der Waals surface area contributed by atoms with E-state index in [2.05, 4.69) is 19.1 Å². The molecular weight excluding hydrogens is 381 g/mol. The third-order valence-electron chi connectivity index (χ3n) is 7.76. The quantitative estimate of drug-likeness (QED) is 0.368. The lowest BCUT2D eigenvalue weighted by atomic mass is 9.68. The van der Waals surface area contributed by atoms with Crippen LogP contribution in [0, 0.1) is 36.4 Å². The van der Waals surface area contributed by atoms with E-state index in [0.717, 1.165) is 17.8 Å². The van der Waals surface area contributed by atoms with E-state index in [1.807, 2.05) is 0 Å². The molecule has 0 aromatic heterocycles. The van der Waals surface area contributed by atoms with Crippen molar-refractivity contribution in [2.45, 2.75) is 97.3 Å². The van der Waals surface area contributed by atoms with Crippen molar-refractivity contribution in [1.82, 2.24) is 0 Å². The summed E-state index contributed by atoms with van der Waals surface area (Å²) in [5.41, 5.74) is 0.305. The Morgan fingerprint density at radius 2 is 1.60 bits per heavy atom. The monoisotopic (exact) mass is 420 g/mol. The van der Waals surface area contributed by atoms with Gasteiger partial charge in [-0.25, -0.2) is 13.2 Å². The highest BCUT2D eigenvalue weighted by molar-refractivity contribution is 5.34. The molecule has 0 radical (unpaired) electrons. The van der Waals surface area contributed by atoms with E-state index in [9.17, 15) is 13.2 Å². The summed E-state index contributed by atoms with van der Waals surface area (Å²) in [6, 6.07) is 3.27. The predicted octanol–water partition coefficient (Wildman–Crippen LogP) is 8.97. The Labute approximate surface area is 181 Å². The zero-order valence-corrected chi connectivity index (χ0v) is 18.8. The second-order valence-electron chi connectivity index (χ2n) is 9.78. The van der Waals surface area contributed by atoms with Crippen LogP contribution in [0.5, 0.6) is 0 Å². The molecule has 0 bridgehead atoms. The molecule has 30 heavy (non-hydrogen) atoms. The Kier molecular flexibility index (Phi) is 8.89. The van der Waals surface area contributed by atoms with Gasteiger partial charge in [0.25, 0.3) is 6.43 Å². The first-order valence-corrected chi connectivity index (χ1v) is 12.2. The van der Waals surface area contributed by atoms with Gasteiger partial charge in [-0.15, -0.1) is 0 Å². The second kappa shape index (κ2) is 11.4. The van der Waals surface area contributed by atoms with E-state index in [0.29, 0.717) is 29.9 Å². The molecule has 2 aliphatic carbocycles. The predicted molar refractivity (Wildman–Crippen MR) is 119 cm³/mol. The number of halogens is 3.